The predicted molar refractivity (Wildman–Crippen MR) is 122 cm³/mol. The first-order valence-corrected chi connectivity index (χ1v) is 11.0. The SMILES string of the molecule is CNC(=O)C(NC(=O)c1nc(-c2ccc(F)c(F)c2)n2c1CN(C)CC(C)(C)C2)C(C)(C)C. The first-order valence-electron chi connectivity index (χ1n) is 11.0. The number of carbonyl (C=O) groups excluding carboxylic acids is 2. The van der Waals surface area contributed by atoms with Gasteiger partial charge in [-0.1, -0.05) is 34.6 Å². The molecule has 1 aliphatic heterocycles. The molecule has 0 spiro atoms. The van der Waals surface area contributed by atoms with Crippen LogP contribution >= 0.6 is 0 Å². The molecule has 3 rings (SSSR count). The van der Waals surface area contributed by atoms with E-state index in [-0.39, 0.29) is 17.0 Å². The van der Waals surface area contributed by atoms with Crippen molar-refractivity contribution >= 4 is 11.8 Å². The van der Waals surface area contributed by atoms with Crippen LogP contribution in [0.25, 0.3) is 11.4 Å². The maximum atomic E-state index is 14.0. The van der Waals surface area contributed by atoms with Crippen molar-refractivity contribution in [1.82, 2.24) is 25.1 Å². The fourth-order valence-corrected chi connectivity index (χ4v) is 4.39. The quantitative estimate of drug-likeness (QED) is 0.733. The van der Waals surface area contributed by atoms with E-state index in [2.05, 4.69) is 34.4 Å². The summed E-state index contributed by atoms with van der Waals surface area (Å²) in [6, 6.07) is 2.83. The largest absolute Gasteiger partial charge is 0.357 e. The van der Waals surface area contributed by atoms with Gasteiger partial charge in [-0.15, -0.1) is 0 Å². The van der Waals surface area contributed by atoms with Crippen LogP contribution in [0.2, 0.25) is 0 Å². The monoisotopic (exact) mass is 461 g/mol. The van der Waals surface area contributed by atoms with Gasteiger partial charge in [0.2, 0.25) is 5.91 Å². The van der Waals surface area contributed by atoms with Crippen molar-refractivity contribution in [3.8, 4) is 11.4 Å². The van der Waals surface area contributed by atoms with Gasteiger partial charge in [0.25, 0.3) is 5.91 Å². The number of carbonyl (C=O) groups is 2. The predicted octanol–water partition coefficient (Wildman–Crippen LogP) is 3.19. The Hall–Kier alpha value is -2.81. The molecule has 2 N–H and O–H groups in total. The molecule has 1 aliphatic rings. The summed E-state index contributed by atoms with van der Waals surface area (Å²) in [6.07, 6.45) is 0. The van der Waals surface area contributed by atoms with Crippen LogP contribution < -0.4 is 10.6 Å². The molecule has 0 saturated carbocycles. The summed E-state index contributed by atoms with van der Waals surface area (Å²) >= 11 is 0. The van der Waals surface area contributed by atoms with Gasteiger partial charge in [-0.2, -0.15) is 0 Å². The van der Waals surface area contributed by atoms with Gasteiger partial charge < -0.3 is 15.2 Å². The third-order valence-corrected chi connectivity index (χ3v) is 5.82. The topological polar surface area (TPSA) is 79.3 Å². The lowest BCUT2D eigenvalue weighted by molar-refractivity contribution is -0.124. The maximum absolute atomic E-state index is 14.0. The molecule has 33 heavy (non-hydrogen) atoms. The molecule has 2 amide bonds. The highest BCUT2D eigenvalue weighted by molar-refractivity contribution is 5.97. The Kier molecular flexibility index (Phi) is 6.66. The van der Waals surface area contributed by atoms with E-state index >= 15 is 0 Å². The third-order valence-electron chi connectivity index (χ3n) is 5.82. The van der Waals surface area contributed by atoms with E-state index in [1.165, 1.54) is 13.1 Å². The second-order valence-electron chi connectivity index (χ2n) is 10.7. The number of hydrogen-bond acceptors (Lipinski definition) is 4. The molecule has 0 bridgehead atoms. The molecule has 1 atom stereocenters. The molecule has 2 heterocycles. The van der Waals surface area contributed by atoms with Crippen molar-refractivity contribution in [3.63, 3.8) is 0 Å². The normalized spacial score (nSPS) is 17.1. The van der Waals surface area contributed by atoms with Crippen LogP contribution in [0.3, 0.4) is 0 Å². The molecule has 0 aliphatic carbocycles. The first kappa shape index (κ1) is 24.8. The van der Waals surface area contributed by atoms with Gasteiger partial charge in [-0.3, -0.25) is 14.5 Å². The lowest BCUT2D eigenvalue weighted by atomic mass is 9.86. The van der Waals surface area contributed by atoms with Crippen LogP contribution in [0.15, 0.2) is 18.2 Å². The lowest BCUT2D eigenvalue weighted by Crippen LogP contribution is -2.53. The van der Waals surface area contributed by atoms with Crippen LogP contribution in [0.4, 0.5) is 8.78 Å². The smallest absolute Gasteiger partial charge is 0.272 e. The van der Waals surface area contributed by atoms with Crippen molar-refractivity contribution in [2.45, 2.75) is 53.8 Å². The molecule has 7 nitrogen and oxygen atoms in total. The van der Waals surface area contributed by atoms with Crippen LogP contribution in [-0.4, -0.2) is 52.9 Å². The molecular formula is C24H33F2N5O2. The second-order valence-corrected chi connectivity index (χ2v) is 10.7. The molecule has 2 aromatic rings. The summed E-state index contributed by atoms with van der Waals surface area (Å²) < 4.78 is 29.5. The minimum atomic E-state index is -0.978. The number of nitrogens with one attached hydrogen (secondary N) is 2. The summed E-state index contributed by atoms with van der Waals surface area (Å²) in [6.45, 7) is 11.6. The van der Waals surface area contributed by atoms with Crippen molar-refractivity contribution in [3.05, 3.63) is 41.2 Å². The summed E-state index contributed by atoms with van der Waals surface area (Å²) in [4.78, 5) is 32.6. The number of fused-ring (bicyclic) bond motifs is 1. The van der Waals surface area contributed by atoms with E-state index in [1.54, 1.807) is 0 Å². The summed E-state index contributed by atoms with van der Waals surface area (Å²) in [5.74, 6) is -2.32. The first-order chi connectivity index (χ1) is 15.2. The molecular weight excluding hydrogens is 428 g/mol. The second kappa shape index (κ2) is 8.85. The molecule has 0 saturated heterocycles. The van der Waals surface area contributed by atoms with E-state index < -0.39 is 29.0 Å². The zero-order valence-corrected chi connectivity index (χ0v) is 20.3. The number of halogens is 2. The number of amides is 2. The summed E-state index contributed by atoms with van der Waals surface area (Å²) in [7, 11) is 3.49. The van der Waals surface area contributed by atoms with Gasteiger partial charge in [0, 0.05) is 32.2 Å². The molecule has 1 aromatic carbocycles. The van der Waals surface area contributed by atoms with Crippen LogP contribution in [0.5, 0.6) is 0 Å². The van der Waals surface area contributed by atoms with Crippen molar-refractivity contribution in [2.24, 2.45) is 10.8 Å². The third kappa shape index (κ3) is 5.24. The van der Waals surface area contributed by atoms with Gasteiger partial charge >= 0.3 is 0 Å². The maximum Gasteiger partial charge on any atom is 0.272 e. The van der Waals surface area contributed by atoms with Gasteiger partial charge in [-0.25, -0.2) is 13.8 Å². The van der Waals surface area contributed by atoms with E-state index in [0.717, 1.165) is 18.7 Å². The van der Waals surface area contributed by atoms with Crippen LogP contribution in [-0.2, 0) is 17.9 Å². The Morgan fingerprint density at radius 1 is 1.15 bits per heavy atom. The van der Waals surface area contributed by atoms with Crippen LogP contribution in [0, 0.1) is 22.5 Å². The number of imidazole rings is 1. The number of nitrogens with zero attached hydrogens (tertiary/aromatic N) is 3. The minimum Gasteiger partial charge on any atom is -0.357 e. The number of hydrogen-bond donors (Lipinski definition) is 2. The average Bonchev–Trinajstić information content (AvgIpc) is 2.97. The standard InChI is InChI=1S/C24H33F2N5O2/c1-23(2,3)19(22(33)27-6)29-21(32)18-17-11-30(7)12-24(4,5)13-31(17)20(28-18)14-8-9-15(25)16(26)10-14/h8-10,19H,11-13H2,1-7H3,(H,27,33)(H,29,32). The van der Waals surface area contributed by atoms with E-state index in [9.17, 15) is 18.4 Å². The lowest BCUT2D eigenvalue weighted by Gasteiger charge is -2.29. The highest BCUT2D eigenvalue weighted by Crippen LogP contribution is 2.32. The fraction of sp³-hybridized carbons (Fsp3) is 0.542. The zero-order valence-electron chi connectivity index (χ0n) is 20.3. The Balaban J connectivity index is 2.14. The Labute approximate surface area is 193 Å². The molecule has 1 aromatic heterocycles. The van der Waals surface area contributed by atoms with Gasteiger partial charge in [-0.05, 0) is 36.1 Å². The average molecular weight is 462 g/mol. The molecule has 0 radical (unpaired) electrons. The van der Waals surface area contributed by atoms with E-state index in [4.69, 9.17) is 0 Å². The van der Waals surface area contributed by atoms with Gasteiger partial charge in [0.05, 0.1) is 5.69 Å². The Morgan fingerprint density at radius 2 is 1.82 bits per heavy atom. The molecule has 180 valence electrons. The summed E-state index contributed by atoms with van der Waals surface area (Å²) in [5.41, 5.74) is 0.543. The Bertz CT molecular complexity index is 1070. The van der Waals surface area contributed by atoms with Crippen molar-refractivity contribution < 1.29 is 18.4 Å². The van der Waals surface area contributed by atoms with Crippen LogP contribution in [0.1, 0.15) is 50.8 Å². The molecule has 9 heteroatoms. The number of likely N-dealkylation sites (N-methyl/N-ethyl adjacent to an activating group) is 1. The Morgan fingerprint density at radius 3 is 2.39 bits per heavy atom. The number of rotatable bonds is 4. The van der Waals surface area contributed by atoms with Crippen molar-refractivity contribution in [2.75, 3.05) is 20.6 Å². The van der Waals surface area contributed by atoms with E-state index in [0.29, 0.717) is 30.2 Å². The zero-order chi connectivity index (χ0) is 24.7. The highest BCUT2D eigenvalue weighted by atomic mass is 19.2. The van der Waals surface area contributed by atoms with Gasteiger partial charge in [0.15, 0.2) is 17.3 Å². The minimum absolute atomic E-state index is 0.155. The summed E-state index contributed by atoms with van der Waals surface area (Å²) in [5, 5.41) is 5.43. The molecule has 0 fully saturated rings. The van der Waals surface area contributed by atoms with E-state index in [1.807, 2.05) is 32.4 Å². The van der Waals surface area contributed by atoms with Crippen molar-refractivity contribution in [1.29, 1.82) is 0 Å². The molecule has 1 unspecified atom stereocenters. The fourth-order valence-electron chi connectivity index (χ4n) is 4.39. The van der Waals surface area contributed by atoms with Gasteiger partial charge in [0.1, 0.15) is 11.9 Å². The number of benzene rings is 1. The highest BCUT2D eigenvalue weighted by Gasteiger charge is 2.36. The number of aromatic nitrogens is 2.